The van der Waals surface area contributed by atoms with Gasteiger partial charge in [0.25, 0.3) is 0 Å². The standard InChI is InChI=1S/C18H20N2O3/c1-13-4-3-5-15(10-13)12-20-18(22)17(21)19-11-14-6-8-16(23-2)9-7-14/h3-10H,11-12H2,1-2H3,(H,19,21)(H,20,22). The average Bonchev–Trinajstić information content (AvgIpc) is 2.58. The fraction of sp³-hybridized carbons (Fsp3) is 0.222. The quantitative estimate of drug-likeness (QED) is 0.829. The van der Waals surface area contributed by atoms with Gasteiger partial charge < -0.3 is 15.4 Å². The van der Waals surface area contributed by atoms with Crippen molar-refractivity contribution in [1.82, 2.24) is 10.6 Å². The van der Waals surface area contributed by atoms with Gasteiger partial charge in [0.2, 0.25) is 0 Å². The summed E-state index contributed by atoms with van der Waals surface area (Å²) in [6, 6.07) is 15.1. The SMILES string of the molecule is COc1ccc(CNC(=O)C(=O)NCc2cccc(C)c2)cc1. The van der Waals surface area contributed by atoms with Gasteiger partial charge >= 0.3 is 11.8 Å². The number of nitrogens with one attached hydrogen (secondary N) is 2. The molecule has 0 heterocycles. The third kappa shape index (κ3) is 5.14. The lowest BCUT2D eigenvalue weighted by atomic mass is 10.1. The summed E-state index contributed by atoms with van der Waals surface area (Å²) in [5.74, 6) is -0.538. The number of benzene rings is 2. The number of ether oxygens (including phenoxy) is 1. The molecule has 0 aromatic heterocycles. The number of methoxy groups -OCH3 is 1. The molecule has 0 saturated heterocycles. The summed E-state index contributed by atoms with van der Waals surface area (Å²) in [4.78, 5) is 23.6. The number of hydrogen-bond donors (Lipinski definition) is 2. The zero-order valence-corrected chi connectivity index (χ0v) is 13.3. The summed E-state index contributed by atoms with van der Waals surface area (Å²) in [5, 5.41) is 5.20. The Hall–Kier alpha value is -2.82. The molecule has 120 valence electrons. The molecule has 0 bridgehead atoms. The maximum absolute atomic E-state index is 11.8. The summed E-state index contributed by atoms with van der Waals surface area (Å²) in [5.41, 5.74) is 2.97. The van der Waals surface area contributed by atoms with Crippen molar-refractivity contribution in [3.63, 3.8) is 0 Å². The predicted molar refractivity (Wildman–Crippen MR) is 87.9 cm³/mol. The molecule has 0 saturated carbocycles. The average molecular weight is 312 g/mol. The van der Waals surface area contributed by atoms with E-state index in [-0.39, 0.29) is 0 Å². The van der Waals surface area contributed by atoms with E-state index in [1.165, 1.54) is 0 Å². The van der Waals surface area contributed by atoms with Gasteiger partial charge in [0.1, 0.15) is 5.75 Å². The molecule has 2 rings (SSSR count). The number of carbonyl (C=O) groups is 2. The molecule has 0 aliphatic carbocycles. The van der Waals surface area contributed by atoms with E-state index >= 15 is 0 Å². The van der Waals surface area contributed by atoms with E-state index < -0.39 is 11.8 Å². The van der Waals surface area contributed by atoms with Gasteiger partial charge in [0.15, 0.2) is 0 Å². The van der Waals surface area contributed by atoms with Gasteiger partial charge in [0, 0.05) is 13.1 Å². The number of amides is 2. The first-order valence-electron chi connectivity index (χ1n) is 7.33. The number of hydrogen-bond acceptors (Lipinski definition) is 3. The van der Waals surface area contributed by atoms with Crippen LogP contribution in [-0.2, 0) is 22.7 Å². The van der Waals surface area contributed by atoms with E-state index in [4.69, 9.17) is 4.74 Å². The van der Waals surface area contributed by atoms with Crippen LogP contribution in [0.5, 0.6) is 5.75 Å². The van der Waals surface area contributed by atoms with Crippen molar-refractivity contribution in [1.29, 1.82) is 0 Å². The fourth-order valence-electron chi connectivity index (χ4n) is 2.09. The second kappa shape index (κ2) is 7.98. The minimum atomic E-state index is -0.645. The van der Waals surface area contributed by atoms with Crippen LogP contribution in [0.15, 0.2) is 48.5 Å². The minimum absolute atomic E-state index is 0.292. The molecule has 0 spiro atoms. The molecule has 5 nitrogen and oxygen atoms in total. The summed E-state index contributed by atoms with van der Waals surface area (Å²) >= 11 is 0. The van der Waals surface area contributed by atoms with Crippen LogP contribution >= 0.6 is 0 Å². The Morgan fingerprint density at radius 2 is 1.52 bits per heavy atom. The Morgan fingerprint density at radius 3 is 2.09 bits per heavy atom. The first-order chi connectivity index (χ1) is 11.1. The van der Waals surface area contributed by atoms with Gasteiger partial charge in [-0.1, -0.05) is 42.0 Å². The molecule has 2 amide bonds. The van der Waals surface area contributed by atoms with E-state index in [0.717, 1.165) is 22.4 Å². The van der Waals surface area contributed by atoms with Crippen LogP contribution in [0.3, 0.4) is 0 Å². The van der Waals surface area contributed by atoms with Gasteiger partial charge in [-0.25, -0.2) is 0 Å². The lowest BCUT2D eigenvalue weighted by Crippen LogP contribution is -2.39. The Balaban J connectivity index is 1.79. The largest absolute Gasteiger partial charge is 0.497 e. The molecule has 2 aromatic carbocycles. The zero-order valence-electron chi connectivity index (χ0n) is 13.3. The molecule has 0 atom stereocenters. The lowest BCUT2D eigenvalue weighted by Gasteiger charge is -2.08. The number of aryl methyl sites for hydroxylation is 1. The second-order valence-electron chi connectivity index (χ2n) is 5.20. The van der Waals surface area contributed by atoms with Crippen molar-refractivity contribution in [3.05, 3.63) is 65.2 Å². The third-order valence-corrected chi connectivity index (χ3v) is 3.35. The van der Waals surface area contributed by atoms with Crippen LogP contribution in [0.4, 0.5) is 0 Å². The van der Waals surface area contributed by atoms with Crippen LogP contribution in [0.1, 0.15) is 16.7 Å². The van der Waals surface area contributed by atoms with E-state index in [1.807, 2.05) is 43.3 Å². The van der Waals surface area contributed by atoms with Crippen molar-refractivity contribution in [3.8, 4) is 5.75 Å². The smallest absolute Gasteiger partial charge is 0.309 e. The monoisotopic (exact) mass is 312 g/mol. The number of rotatable bonds is 5. The highest BCUT2D eigenvalue weighted by Crippen LogP contribution is 2.10. The van der Waals surface area contributed by atoms with Gasteiger partial charge in [-0.15, -0.1) is 0 Å². The molecular formula is C18H20N2O3. The maximum atomic E-state index is 11.8. The highest BCUT2D eigenvalue weighted by molar-refractivity contribution is 6.35. The van der Waals surface area contributed by atoms with Crippen molar-refractivity contribution in [2.45, 2.75) is 20.0 Å². The lowest BCUT2D eigenvalue weighted by molar-refractivity contribution is -0.139. The summed E-state index contributed by atoms with van der Waals surface area (Å²) in [6.07, 6.45) is 0. The summed E-state index contributed by atoms with van der Waals surface area (Å²) < 4.78 is 5.06. The van der Waals surface area contributed by atoms with Crippen LogP contribution in [0.25, 0.3) is 0 Å². The van der Waals surface area contributed by atoms with Crippen molar-refractivity contribution in [2.24, 2.45) is 0 Å². The van der Waals surface area contributed by atoms with Crippen molar-refractivity contribution >= 4 is 11.8 Å². The van der Waals surface area contributed by atoms with Crippen LogP contribution in [0, 0.1) is 6.92 Å². The molecule has 23 heavy (non-hydrogen) atoms. The first-order valence-corrected chi connectivity index (χ1v) is 7.33. The van der Waals surface area contributed by atoms with Crippen molar-refractivity contribution in [2.75, 3.05) is 7.11 Å². The van der Waals surface area contributed by atoms with E-state index in [2.05, 4.69) is 10.6 Å². The molecule has 0 fully saturated rings. The summed E-state index contributed by atoms with van der Waals surface area (Å²) in [7, 11) is 1.59. The molecule has 2 aromatic rings. The molecular weight excluding hydrogens is 292 g/mol. The molecule has 5 heteroatoms. The van der Waals surface area contributed by atoms with Crippen LogP contribution < -0.4 is 15.4 Å². The Kier molecular flexibility index (Phi) is 5.74. The van der Waals surface area contributed by atoms with Gasteiger partial charge in [0.05, 0.1) is 7.11 Å². The molecule has 2 N–H and O–H groups in total. The highest BCUT2D eigenvalue weighted by Gasteiger charge is 2.12. The fourth-order valence-corrected chi connectivity index (χ4v) is 2.09. The van der Waals surface area contributed by atoms with Gasteiger partial charge in [-0.05, 0) is 30.2 Å². The molecule has 0 aliphatic rings. The van der Waals surface area contributed by atoms with E-state index in [9.17, 15) is 9.59 Å². The van der Waals surface area contributed by atoms with Gasteiger partial charge in [-0.3, -0.25) is 9.59 Å². The highest BCUT2D eigenvalue weighted by atomic mass is 16.5. The Morgan fingerprint density at radius 1 is 0.913 bits per heavy atom. The third-order valence-electron chi connectivity index (χ3n) is 3.35. The normalized spacial score (nSPS) is 10.0. The summed E-state index contributed by atoms with van der Waals surface area (Å²) in [6.45, 7) is 2.60. The van der Waals surface area contributed by atoms with Crippen molar-refractivity contribution < 1.29 is 14.3 Å². The van der Waals surface area contributed by atoms with E-state index in [1.54, 1.807) is 19.2 Å². The molecule has 0 radical (unpaired) electrons. The minimum Gasteiger partial charge on any atom is -0.497 e. The molecule has 0 unspecified atom stereocenters. The zero-order chi connectivity index (χ0) is 16.7. The Labute approximate surface area is 135 Å². The molecule has 0 aliphatic heterocycles. The Bertz CT molecular complexity index is 681. The van der Waals surface area contributed by atoms with Crippen LogP contribution in [0.2, 0.25) is 0 Å². The maximum Gasteiger partial charge on any atom is 0.309 e. The first kappa shape index (κ1) is 16.5. The van der Waals surface area contributed by atoms with Gasteiger partial charge in [-0.2, -0.15) is 0 Å². The van der Waals surface area contributed by atoms with Crippen LogP contribution in [-0.4, -0.2) is 18.9 Å². The topological polar surface area (TPSA) is 67.4 Å². The second-order valence-corrected chi connectivity index (χ2v) is 5.20. The number of carbonyl (C=O) groups excluding carboxylic acids is 2. The van der Waals surface area contributed by atoms with E-state index in [0.29, 0.717) is 13.1 Å². The predicted octanol–water partition coefficient (Wildman–Crippen LogP) is 1.94.